The van der Waals surface area contributed by atoms with Gasteiger partial charge in [-0.3, -0.25) is 4.79 Å². The van der Waals surface area contributed by atoms with Gasteiger partial charge >= 0.3 is 6.18 Å². The zero-order valence-electron chi connectivity index (χ0n) is 7.28. The van der Waals surface area contributed by atoms with Gasteiger partial charge in [0.05, 0.1) is 17.7 Å². The number of anilines is 1. The van der Waals surface area contributed by atoms with Crippen molar-refractivity contribution in [2.75, 3.05) is 5.32 Å². The molecule has 1 aliphatic heterocycles. The van der Waals surface area contributed by atoms with Gasteiger partial charge in [-0.2, -0.15) is 13.2 Å². The van der Waals surface area contributed by atoms with Crippen LogP contribution in [-0.4, -0.2) is 5.91 Å². The van der Waals surface area contributed by atoms with E-state index in [-0.39, 0.29) is 17.1 Å². The molecule has 2 nitrogen and oxygen atoms in total. The van der Waals surface area contributed by atoms with Gasteiger partial charge in [-0.1, -0.05) is 11.6 Å². The lowest BCUT2D eigenvalue weighted by Gasteiger charge is -2.11. The third-order valence-electron chi connectivity index (χ3n) is 2.11. The molecule has 0 saturated heterocycles. The van der Waals surface area contributed by atoms with E-state index in [0.717, 1.165) is 6.07 Å². The molecule has 2 rings (SSSR count). The van der Waals surface area contributed by atoms with E-state index in [1.165, 1.54) is 6.07 Å². The van der Waals surface area contributed by atoms with E-state index in [0.29, 0.717) is 5.56 Å². The topological polar surface area (TPSA) is 29.1 Å². The molecule has 0 unspecified atom stereocenters. The van der Waals surface area contributed by atoms with Crippen LogP contribution in [0.15, 0.2) is 12.1 Å². The van der Waals surface area contributed by atoms with Gasteiger partial charge in [0.2, 0.25) is 5.91 Å². The number of nitrogens with one attached hydrogen (secondary N) is 1. The summed E-state index contributed by atoms with van der Waals surface area (Å²) in [6.07, 6.45) is -4.56. The largest absolute Gasteiger partial charge is 0.418 e. The van der Waals surface area contributed by atoms with Crippen molar-refractivity contribution in [2.24, 2.45) is 0 Å². The number of carbonyl (C=O) groups is 1. The molecule has 1 aromatic carbocycles. The normalized spacial score (nSPS) is 15.1. The van der Waals surface area contributed by atoms with Crippen LogP contribution in [0.1, 0.15) is 11.1 Å². The second-order valence-corrected chi connectivity index (χ2v) is 3.65. The van der Waals surface area contributed by atoms with Gasteiger partial charge < -0.3 is 5.32 Å². The predicted molar refractivity (Wildman–Crippen MR) is 48.8 cm³/mol. The third-order valence-corrected chi connectivity index (χ3v) is 2.32. The summed E-state index contributed by atoms with van der Waals surface area (Å²) in [7, 11) is 0. The quantitative estimate of drug-likeness (QED) is 0.736. The van der Waals surface area contributed by atoms with Crippen molar-refractivity contribution in [1.82, 2.24) is 0 Å². The summed E-state index contributed by atoms with van der Waals surface area (Å²) in [4.78, 5) is 11.0. The van der Waals surface area contributed by atoms with Crippen molar-refractivity contribution in [1.29, 1.82) is 0 Å². The Morgan fingerprint density at radius 3 is 2.60 bits per heavy atom. The summed E-state index contributed by atoms with van der Waals surface area (Å²) >= 11 is 5.54. The number of alkyl halides is 3. The minimum atomic E-state index is -4.51. The number of halogens is 4. The van der Waals surface area contributed by atoms with Gasteiger partial charge in [0.1, 0.15) is 0 Å². The summed E-state index contributed by atoms with van der Waals surface area (Å²) in [5.41, 5.74) is -0.771. The highest BCUT2D eigenvalue weighted by atomic mass is 35.5. The number of benzene rings is 1. The van der Waals surface area contributed by atoms with Gasteiger partial charge in [-0.15, -0.1) is 0 Å². The molecule has 1 aliphatic rings. The summed E-state index contributed by atoms with van der Waals surface area (Å²) in [6.45, 7) is 0. The van der Waals surface area contributed by atoms with E-state index >= 15 is 0 Å². The zero-order chi connectivity index (χ0) is 11.2. The lowest BCUT2D eigenvalue weighted by Crippen LogP contribution is -2.10. The fourth-order valence-electron chi connectivity index (χ4n) is 1.53. The number of carbonyl (C=O) groups excluding carboxylic acids is 1. The third kappa shape index (κ3) is 1.79. The first-order chi connectivity index (χ1) is 6.88. The van der Waals surface area contributed by atoms with Crippen LogP contribution in [0.3, 0.4) is 0 Å². The second kappa shape index (κ2) is 3.13. The molecular formula is C9H5ClF3NO. The maximum Gasteiger partial charge on any atom is 0.418 e. The summed E-state index contributed by atoms with van der Waals surface area (Å²) < 4.78 is 37.6. The maximum atomic E-state index is 12.5. The lowest BCUT2D eigenvalue weighted by molar-refractivity contribution is -0.136. The van der Waals surface area contributed by atoms with Crippen molar-refractivity contribution in [2.45, 2.75) is 12.6 Å². The Bertz CT molecular complexity index is 442. The molecule has 0 spiro atoms. The van der Waals surface area contributed by atoms with Crippen molar-refractivity contribution in [3.8, 4) is 0 Å². The Labute approximate surface area is 88.0 Å². The SMILES string of the molecule is O=C1Cc2cc(Cl)cc(C(F)(F)F)c2N1. The molecule has 0 bridgehead atoms. The van der Waals surface area contributed by atoms with Gasteiger partial charge in [-0.25, -0.2) is 0 Å². The first-order valence-corrected chi connectivity index (χ1v) is 4.45. The van der Waals surface area contributed by atoms with Crippen LogP contribution in [0.5, 0.6) is 0 Å². The van der Waals surface area contributed by atoms with Crippen molar-refractivity contribution < 1.29 is 18.0 Å². The summed E-state index contributed by atoms with van der Waals surface area (Å²) in [5, 5.41) is 2.17. The number of amides is 1. The molecule has 1 amide bonds. The van der Waals surface area contributed by atoms with Gasteiger partial charge in [0, 0.05) is 5.02 Å². The standard InChI is InChI=1S/C9H5ClF3NO/c10-5-1-4-2-7(15)14-8(4)6(3-5)9(11,12)13/h1,3H,2H2,(H,14,15). The smallest absolute Gasteiger partial charge is 0.325 e. The molecule has 1 aromatic rings. The Morgan fingerprint density at radius 2 is 2.00 bits per heavy atom. The molecule has 15 heavy (non-hydrogen) atoms. The fourth-order valence-corrected chi connectivity index (χ4v) is 1.77. The van der Waals surface area contributed by atoms with Crippen molar-refractivity contribution >= 4 is 23.2 Å². The number of fused-ring (bicyclic) bond motifs is 1. The molecule has 80 valence electrons. The van der Waals surface area contributed by atoms with E-state index in [2.05, 4.69) is 5.32 Å². The van der Waals surface area contributed by atoms with E-state index in [4.69, 9.17) is 11.6 Å². The van der Waals surface area contributed by atoms with E-state index in [1.54, 1.807) is 0 Å². The predicted octanol–water partition coefficient (Wildman–Crippen LogP) is 2.85. The highest BCUT2D eigenvalue weighted by Gasteiger charge is 2.37. The lowest BCUT2D eigenvalue weighted by atomic mass is 10.1. The molecule has 6 heteroatoms. The summed E-state index contributed by atoms with van der Waals surface area (Å²) in [6, 6.07) is 2.18. The Balaban J connectivity index is 2.62. The van der Waals surface area contributed by atoms with Crippen LogP contribution in [0, 0.1) is 0 Å². The average Bonchev–Trinajstić information content (AvgIpc) is 2.41. The van der Waals surface area contributed by atoms with E-state index < -0.39 is 17.6 Å². The molecule has 0 aliphatic carbocycles. The number of hydrogen-bond donors (Lipinski definition) is 1. The minimum absolute atomic E-state index is 0.0161. The summed E-state index contributed by atoms with van der Waals surface area (Å²) in [5.74, 6) is -0.447. The highest BCUT2D eigenvalue weighted by Crippen LogP contribution is 2.40. The highest BCUT2D eigenvalue weighted by molar-refractivity contribution is 6.31. The molecular weight excluding hydrogens is 231 g/mol. The zero-order valence-corrected chi connectivity index (χ0v) is 8.04. The first kappa shape index (κ1) is 10.3. The Kier molecular flexibility index (Phi) is 2.15. The molecule has 0 fully saturated rings. The molecule has 0 saturated carbocycles. The van der Waals surface area contributed by atoms with E-state index in [9.17, 15) is 18.0 Å². The monoisotopic (exact) mass is 235 g/mol. The molecule has 1 N–H and O–H groups in total. The van der Waals surface area contributed by atoms with Crippen LogP contribution in [0.25, 0.3) is 0 Å². The van der Waals surface area contributed by atoms with Crippen molar-refractivity contribution in [3.63, 3.8) is 0 Å². The van der Waals surface area contributed by atoms with Crippen LogP contribution in [0.2, 0.25) is 5.02 Å². The van der Waals surface area contributed by atoms with Crippen LogP contribution in [0.4, 0.5) is 18.9 Å². The molecule has 0 aromatic heterocycles. The maximum absolute atomic E-state index is 12.5. The fraction of sp³-hybridized carbons (Fsp3) is 0.222. The second-order valence-electron chi connectivity index (χ2n) is 3.21. The van der Waals surface area contributed by atoms with Gasteiger partial charge in [0.25, 0.3) is 0 Å². The van der Waals surface area contributed by atoms with E-state index in [1.807, 2.05) is 0 Å². The first-order valence-electron chi connectivity index (χ1n) is 4.07. The molecule has 1 heterocycles. The van der Waals surface area contributed by atoms with Crippen LogP contribution < -0.4 is 5.32 Å². The Hall–Kier alpha value is -1.23. The molecule has 0 atom stereocenters. The van der Waals surface area contributed by atoms with Crippen LogP contribution in [-0.2, 0) is 17.4 Å². The van der Waals surface area contributed by atoms with Gasteiger partial charge in [-0.05, 0) is 17.7 Å². The average molecular weight is 236 g/mol. The van der Waals surface area contributed by atoms with Crippen molar-refractivity contribution in [3.05, 3.63) is 28.3 Å². The minimum Gasteiger partial charge on any atom is -0.325 e. The molecule has 0 radical (unpaired) electrons. The Morgan fingerprint density at radius 1 is 1.33 bits per heavy atom. The van der Waals surface area contributed by atoms with Crippen LogP contribution >= 0.6 is 11.6 Å². The van der Waals surface area contributed by atoms with Gasteiger partial charge in [0.15, 0.2) is 0 Å². The number of rotatable bonds is 0. The number of hydrogen-bond acceptors (Lipinski definition) is 1.